The Kier molecular flexibility index (Phi) is 4.87. The number of fused-ring (bicyclic) bond motifs is 1. The van der Waals surface area contributed by atoms with Gasteiger partial charge in [-0.05, 0) is 37.3 Å². The number of Topliss-reactive ketones (excluding diaryl/α,β-unsaturated/α-hetero) is 1. The first-order chi connectivity index (χ1) is 13.5. The largest absolute Gasteiger partial charge is 0.293 e. The predicted molar refractivity (Wildman–Crippen MR) is 103 cm³/mol. The standard InChI is InChI=1S/C20H14F2N4OS/c1-12(18(27)13-7-8-16(21)17(22)9-13)28-20-15-10-25-26(19(15)23-11-24-20)14-5-3-2-4-6-14/h2-12H,1H3. The third-order valence-electron chi connectivity index (χ3n) is 4.19. The minimum Gasteiger partial charge on any atom is -0.293 e. The average Bonchev–Trinajstić information content (AvgIpc) is 3.15. The van der Waals surface area contributed by atoms with Crippen LogP contribution in [0.5, 0.6) is 0 Å². The van der Waals surface area contributed by atoms with E-state index < -0.39 is 16.9 Å². The van der Waals surface area contributed by atoms with Crippen molar-refractivity contribution in [2.24, 2.45) is 0 Å². The Hall–Kier alpha value is -3.13. The number of rotatable bonds is 5. The number of halogens is 2. The molecule has 0 aliphatic carbocycles. The second kappa shape index (κ2) is 7.47. The first-order valence-electron chi connectivity index (χ1n) is 8.44. The van der Waals surface area contributed by atoms with Crippen LogP contribution in [0.2, 0.25) is 0 Å². The molecular formula is C20H14F2N4OS. The maximum absolute atomic E-state index is 13.4. The number of nitrogens with zero attached hydrogens (tertiary/aromatic N) is 4. The summed E-state index contributed by atoms with van der Waals surface area (Å²) in [5, 5.41) is 5.13. The van der Waals surface area contributed by atoms with Crippen molar-refractivity contribution in [2.45, 2.75) is 17.2 Å². The van der Waals surface area contributed by atoms with Gasteiger partial charge in [0.05, 0.1) is 22.5 Å². The van der Waals surface area contributed by atoms with Gasteiger partial charge in [0.25, 0.3) is 0 Å². The molecule has 4 aromatic rings. The molecule has 140 valence electrons. The summed E-state index contributed by atoms with van der Waals surface area (Å²) in [5.41, 5.74) is 1.60. The Labute approximate surface area is 163 Å². The van der Waals surface area contributed by atoms with Crippen molar-refractivity contribution in [3.05, 3.63) is 78.3 Å². The summed E-state index contributed by atoms with van der Waals surface area (Å²) >= 11 is 1.22. The Morgan fingerprint density at radius 3 is 2.61 bits per heavy atom. The van der Waals surface area contributed by atoms with Gasteiger partial charge >= 0.3 is 0 Å². The Morgan fingerprint density at radius 2 is 1.86 bits per heavy atom. The second-order valence-corrected chi connectivity index (χ2v) is 7.39. The molecular weight excluding hydrogens is 382 g/mol. The van der Waals surface area contributed by atoms with Crippen LogP contribution in [-0.2, 0) is 0 Å². The maximum atomic E-state index is 13.4. The first-order valence-corrected chi connectivity index (χ1v) is 9.32. The van der Waals surface area contributed by atoms with E-state index in [2.05, 4.69) is 15.1 Å². The van der Waals surface area contributed by atoms with Crippen LogP contribution < -0.4 is 0 Å². The van der Waals surface area contributed by atoms with Crippen LogP contribution in [0.4, 0.5) is 8.78 Å². The second-order valence-electron chi connectivity index (χ2n) is 6.06. The molecule has 0 saturated carbocycles. The third kappa shape index (κ3) is 3.38. The molecule has 1 atom stereocenters. The van der Waals surface area contributed by atoms with E-state index in [-0.39, 0.29) is 11.3 Å². The van der Waals surface area contributed by atoms with Gasteiger partial charge < -0.3 is 0 Å². The number of aromatic nitrogens is 4. The van der Waals surface area contributed by atoms with Crippen LogP contribution in [0.1, 0.15) is 17.3 Å². The SMILES string of the molecule is CC(Sc1ncnc2c1cnn2-c1ccccc1)C(=O)c1ccc(F)c(F)c1. The zero-order valence-corrected chi connectivity index (χ0v) is 15.5. The molecule has 0 fully saturated rings. The topological polar surface area (TPSA) is 60.7 Å². The predicted octanol–water partition coefficient (Wildman–Crippen LogP) is 4.46. The van der Waals surface area contributed by atoms with Crippen molar-refractivity contribution in [1.82, 2.24) is 19.7 Å². The van der Waals surface area contributed by atoms with Crippen molar-refractivity contribution >= 4 is 28.6 Å². The fraction of sp³-hybridized carbons (Fsp3) is 0.100. The molecule has 2 heterocycles. The van der Waals surface area contributed by atoms with E-state index in [1.165, 1.54) is 24.2 Å². The summed E-state index contributed by atoms with van der Waals surface area (Å²) in [5.74, 6) is -2.34. The van der Waals surface area contributed by atoms with E-state index in [0.29, 0.717) is 16.1 Å². The maximum Gasteiger partial charge on any atom is 0.176 e. The lowest BCUT2D eigenvalue weighted by molar-refractivity contribution is 0.0993. The number of ketones is 1. The molecule has 0 bridgehead atoms. The molecule has 0 N–H and O–H groups in total. The van der Waals surface area contributed by atoms with Gasteiger partial charge in [-0.1, -0.05) is 30.0 Å². The lowest BCUT2D eigenvalue weighted by atomic mass is 10.1. The number of para-hydroxylation sites is 1. The van der Waals surface area contributed by atoms with Crippen LogP contribution in [0, 0.1) is 11.6 Å². The van der Waals surface area contributed by atoms with E-state index in [1.54, 1.807) is 17.8 Å². The minimum atomic E-state index is -1.04. The van der Waals surface area contributed by atoms with Gasteiger partial charge in [-0.2, -0.15) is 5.10 Å². The summed E-state index contributed by atoms with van der Waals surface area (Å²) in [6, 6.07) is 12.7. The monoisotopic (exact) mass is 396 g/mol. The normalized spacial score (nSPS) is 12.2. The lowest BCUT2D eigenvalue weighted by Gasteiger charge is -2.10. The van der Waals surface area contributed by atoms with E-state index in [0.717, 1.165) is 17.8 Å². The van der Waals surface area contributed by atoms with Crippen LogP contribution in [0.15, 0.2) is 66.1 Å². The summed E-state index contributed by atoms with van der Waals surface area (Å²) in [6.07, 6.45) is 3.07. The molecule has 1 unspecified atom stereocenters. The highest BCUT2D eigenvalue weighted by molar-refractivity contribution is 8.00. The fourth-order valence-electron chi connectivity index (χ4n) is 2.78. The van der Waals surface area contributed by atoms with Gasteiger partial charge in [-0.3, -0.25) is 4.79 Å². The Morgan fingerprint density at radius 1 is 1.07 bits per heavy atom. The smallest absolute Gasteiger partial charge is 0.176 e. The number of hydrogen-bond donors (Lipinski definition) is 0. The number of hydrogen-bond acceptors (Lipinski definition) is 5. The Bertz CT molecular complexity index is 1160. The van der Waals surface area contributed by atoms with Gasteiger partial charge in [0.15, 0.2) is 23.1 Å². The molecule has 0 radical (unpaired) electrons. The number of carbonyl (C=O) groups is 1. The summed E-state index contributed by atoms with van der Waals surface area (Å²) in [6.45, 7) is 1.70. The zero-order valence-electron chi connectivity index (χ0n) is 14.7. The molecule has 0 aliphatic heterocycles. The van der Waals surface area contributed by atoms with Crippen molar-refractivity contribution < 1.29 is 13.6 Å². The first kappa shape index (κ1) is 18.2. The van der Waals surface area contributed by atoms with Gasteiger partial charge in [0.2, 0.25) is 0 Å². The molecule has 0 spiro atoms. The molecule has 2 aromatic carbocycles. The molecule has 5 nitrogen and oxygen atoms in total. The van der Waals surface area contributed by atoms with E-state index in [4.69, 9.17) is 0 Å². The van der Waals surface area contributed by atoms with E-state index in [9.17, 15) is 13.6 Å². The highest BCUT2D eigenvalue weighted by atomic mass is 32.2. The van der Waals surface area contributed by atoms with Gasteiger partial charge in [-0.15, -0.1) is 0 Å². The molecule has 0 amide bonds. The van der Waals surface area contributed by atoms with Crippen molar-refractivity contribution in [3.63, 3.8) is 0 Å². The summed E-state index contributed by atoms with van der Waals surface area (Å²) in [7, 11) is 0. The van der Waals surface area contributed by atoms with Gasteiger partial charge in [0, 0.05) is 5.56 Å². The molecule has 0 aliphatic rings. The molecule has 28 heavy (non-hydrogen) atoms. The number of carbonyl (C=O) groups excluding carboxylic acids is 1. The van der Waals surface area contributed by atoms with Crippen LogP contribution in [0.3, 0.4) is 0 Å². The average molecular weight is 396 g/mol. The van der Waals surface area contributed by atoms with E-state index in [1.807, 2.05) is 30.3 Å². The van der Waals surface area contributed by atoms with Crippen molar-refractivity contribution in [3.8, 4) is 5.69 Å². The zero-order chi connectivity index (χ0) is 19.7. The summed E-state index contributed by atoms with van der Waals surface area (Å²) < 4.78 is 28.2. The molecule has 4 rings (SSSR count). The summed E-state index contributed by atoms with van der Waals surface area (Å²) in [4.78, 5) is 21.2. The van der Waals surface area contributed by atoms with Crippen LogP contribution in [-0.4, -0.2) is 30.8 Å². The van der Waals surface area contributed by atoms with Gasteiger partial charge in [-0.25, -0.2) is 23.4 Å². The van der Waals surface area contributed by atoms with E-state index >= 15 is 0 Å². The quantitative estimate of drug-likeness (QED) is 0.283. The third-order valence-corrected chi connectivity index (χ3v) is 5.31. The van der Waals surface area contributed by atoms with Gasteiger partial charge in [0.1, 0.15) is 11.4 Å². The minimum absolute atomic E-state index is 0.115. The molecule has 8 heteroatoms. The highest BCUT2D eigenvalue weighted by Crippen LogP contribution is 2.30. The fourth-order valence-corrected chi connectivity index (χ4v) is 3.74. The Balaban J connectivity index is 1.63. The number of benzene rings is 2. The highest BCUT2D eigenvalue weighted by Gasteiger charge is 2.21. The van der Waals surface area contributed by atoms with Crippen molar-refractivity contribution in [2.75, 3.05) is 0 Å². The molecule has 0 saturated heterocycles. The lowest BCUT2D eigenvalue weighted by Crippen LogP contribution is -2.14. The van der Waals surface area contributed by atoms with Crippen molar-refractivity contribution in [1.29, 1.82) is 0 Å². The molecule has 2 aromatic heterocycles. The number of thioether (sulfide) groups is 1. The van der Waals surface area contributed by atoms with Crippen LogP contribution in [0.25, 0.3) is 16.7 Å². The van der Waals surface area contributed by atoms with Crippen LogP contribution >= 0.6 is 11.8 Å².